The fraction of sp³-hybridized carbons (Fsp3) is 0. The van der Waals surface area contributed by atoms with Crippen molar-refractivity contribution in [2.75, 3.05) is 5.73 Å². The number of aromatic nitrogens is 2. The third-order valence-corrected chi connectivity index (χ3v) is 3.36. The van der Waals surface area contributed by atoms with Crippen LogP contribution in [-0.2, 0) is 0 Å². The molecular weight excluding hydrogens is 286 g/mol. The molecule has 0 aliphatic carbocycles. The van der Waals surface area contributed by atoms with Crippen LogP contribution in [0.1, 0.15) is 15.9 Å². The average molecular weight is 298 g/mol. The lowest BCUT2D eigenvalue weighted by Gasteiger charge is -2.03. The molecule has 2 aromatic carbocycles. The minimum atomic E-state index is -0.197. The lowest BCUT2D eigenvalue weighted by atomic mass is 10.0. The molecule has 2 N–H and O–H groups in total. The van der Waals surface area contributed by atoms with Crippen LogP contribution in [0.2, 0.25) is 5.02 Å². The first kappa shape index (κ1) is 13.4. The molecule has 0 radical (unpaired) electrons. The summed E-state index contributed by atoms with van der Waals surface area (Å²) in [6.07, 6.45) is 3.20. The van der Waals surface area contributed by atoms with Crippen LogP contribution in [0.3, 0.4) is 0 Å². The SMILES string of the molecule is Nc1ccc(Cl)cc1C(=O)c1cnn(-c2ccccc2)c1. The number of halogens is 1. The Balaban J connectivity index is 1.96. The molecule has 104 valence electrons. The van der Waals surface area contributed by atoms with Gasteiger partial charge in [-0.05, 0) is 30.3 Å². The maximum Gasteiger partial charge on any atom is 0.198 e. The molecule has 3 aromatic rings. The quantitative estimate of drug-likeness (QED) is 0.596. The van der Waals surface area contributed by atoms with Crippen molar-refractivity contribution in [2.45, 2.75) is 0 Å². The van der Waals surface area contributed by atoms with Crippen LogP contribution in [0.15, 0.2) is 60.9 Å². The van der Waals surface area contributed by atoms with E-state index in [4.69, 9.17) is 17.3 Å². The lowest BCUT2D eigenvalue weighted by molar-refractivity contribution is 0.103. The number of nitrogens with zero attached hydrogens (tertiary/aromatic N) is 2. The number of hydrogen-bond acceptors (Lipinski definition) is 3. The summed E-state index contributed by atoms with van der Waals surface area (Å²) in [6.45, 7) is 0. The molecule has 21 heavy (non-hydrogen) atoms. The second-order valence-electron chi connectivity index (χ2n) is 4.57. The summed E-state index contributed by atoms with van der Waals surface area (Å²) >= 11 is 5.92. The Labute approximate surface area is 126 Å². The summed E-state index contributed by atoms with van der Waals surface area (Å²) in [5.41, 5.74) is 7.97. The molecular formula is C16H12ClN3O. The molecule has 4 nitrogen and oxygen atoms in total. The summed E-state index contributed by atoms with van der Waals surface area (Å²) in [7, 11) is 0. The number of carbonyl (C=O) groups is 1. The third-order valence-electron chi connectivity index (χ3n) is 3.13. The maximum absolute atomic E-state index is 12.5. The van der Waals surface area contributed by atoms with E-state index >= 15 is 0 Å². The zero-order chi connectivity index (χ0) is 14.8. The highest BCUT2D eigenvalue weighted by Crippen LogP contribution is 2.21. The number of nitrogen functional groups attached to an aromatic ring is 1. The first-order valence-corrected chi connectivity index (χ1v) is 6.73. The predicted molar refractivity (Wildman–Crippen MR) is 82.9 cm³/mol. The van der Waals surface area contributed by atoms with Crippen LogP contribution >= 0.6 is 11.6 Å². The zero-order valence-electron chi connectivity index (χ0n) is 11.0. The summed E-state index contributed by atoms with van der Waals surface area (Å²) < 4.78 is 1.65. The van der Waals surface area contributed by atoms with Crippen LogP contribution in [0.25, 0.3) is 5.69 Å². The molecule has 0 aliphatic rings. The number of para-hydroxylation sites is 1. The van der Waals surface area contributed by atoms with Gasteiger partial charge >= 0.3 is 0 Å². The van der Waals surface area contributed by atoms with Gasteiger partial charge in [0.15, 0.2) is 5.78 Å². The molecule has 0 unspecified atom stereocenters. The molecule has 1 heterocycles. The Morgan fingerprint density at radius 2 is 1.90 bits per heavy atom. The van der Waals surface area contributed by atoms with Crippen molar-refractivity contribution in [2.24, 2.45) is 0 Å². The molecule has 0 aliphatic heterocycles. The summed E-state index contributed by atoms with van der Waals surface area (Å²) in [5, 5.41) is 4.68. The van der Waals surface area contributed by atoms with Crippen LogP contribution in [0, 0.1) is 0 Å². The van der Waals surface area contributed by atoms with E-state index in [-0.39, 0.29) is 5.78 Å². The maximum atomic E-state index is 12.5. The van der Waals surface area contributed by atoms with Crippen LogP contribution in [0.5, 0.6) is 0 Å². The van der Waals surface area contributed by atoms with Crippen molar-refractivity contribution in [3.8, 4) is 5.69 Å². The van der Waals surface area contributed by atoms with Gasteiger partial charge in [0.05, 0.1) is 17.4 Å². The molecule has 5 heteroatoms. The molecule has 0 spiro atoms. The summed E-state index contributed by atoms with van der Waals surface area (Å²) in [5.74, 6) is -0.197. The zero-order valence-corrected chi connectivity index (χ0v) is 11.8. The van der Waals surface area contributed by atoms with Crippen molar-refractivity contribution in [1.29, 1.82) is 0 Å². The highest BCUT2D eigenvalue weighted by Gasteiger charge is 2.15. The fourth-order valence-electron chi connectivity index (χ4n) is 2.04. The highest BCUT2D eigenvalue weighted by atomic mass is 35.5. The molecule has 0 saturated heterocycles. The Morgan fingerprint density at radius 3 is 2.67 bits per heavy atom. The molecule has 0 atom stereocenters. The largest absolute Gasteiger partial charge is 0.398 e. The van der Waals surface area contributed by atoms with Crippen molar-refractivity contribution >= 4 is 23.1 Å². The van der Waals surface area contributed by atoms with Gasteiger partial charge < -0.3 is 5.73 Å². The van der Waals surface area contributed by atoms with Gasteiger partial charge in [0, 0.05) is 22.5 Å². The first-order valence-electron chi connectivity index (χ1n) is 6.35. The third kappa shape index (κ3) is 2.66. The van der Waals surface area contributed by atoms with Crippen LogP contribution in [-0.4, -0.2) is 15.6 Å². The number of carbonyl (C=O) groups excluding carboxylic acids is 1. The number of benzene rings is 2. The van der Waals surface area contributed by atoms with Crippen molar-refractivity contribution in [3.05, 3.63) is 77.1 Å². The molecule has 0 fully saturated rings. The van der Waals surface area contributed by atoms with Crippen molar-refractivity contribution in [3.63, 3.8) is 0 Å². The Hall–Kier alpha value is -2.59. The van der Waals surface area contributed by atoms with E-state index < -0.39 is 0 Å². The lowest BCUT2D eigenvalue weighted by Crippen LogP contribution is -2.04. The van der Waals surface area contributed by atoms with E-state index in [1.807, 2.05) is 30.3 Å². The average Bonchev–Trinajstić information content (AvgIpc) is 3.00. The number of rotatable bonds is 3. The first-order chi connectivity index (χ1) is 10.1. The monoisotopic (exact) mass is 297 g/mol. The van der Waals surface area contributed by atoms with E-state index in [0.29, 0.717) is 21.8 Å². The minimum Gasteiger partial charge on any atom is -0.398 e. The standard InChI is InChI=1S/C16H12ClN3O/c17-12-6-7-15(18)14(8-12)16(21)11-9-19-20(10-11)13-4-2-1-3-5-13/h1-10H,18H2. The molecule has 0 amide bonds. The smallest absolute Gasteiger partial charge is 0.198 e. The highest BCUT2D eigenvalue weighted by molar-refractivity contribution is 6.31. The van der Waals surface area contributed by atoms with Gasteiger partial charge in [0.25, 0.3) is 0 Å². The molecule has 0 saturated carbocycles. The number of ketones is 1. The second kappa shape index (κ2) is 5.42. The fourth-order valence-corrected chi connectivity index (χ4v) is 2.21. The predicted octanol–water partition coefficient (Wildman–Crippen LogP) is 3.34. The summed E-state index contributed by atoms with van der Waals surface area (Å²) in [6, 6.07) is 14.4. The van der Waals surface area contributed by atoms with Gasteiger partial charge in [-0.3, -0.25) is 4.79 Å². The second-order valence-corrected chi connectivity index (χ2v) is 5.01. The van der Waals surface area contributed by atoms with E-state index in [2.05, 4.69) is 5.10 Å². The Kier molecular flexibility index (Phi) is 3.46. The topological polar surface area (TPSA) is 60.9 Å². The molecule has 3 rings (SSSR count). The Bertz CT molecular complexity index is 796. The van der Waals surface area contributed by atoms with Gasteiger partial charge in [0.2, 0.25) is 0 Å². The van der Waals surface area contributed by atoms with E-state index in [0.717, 1.165) is 5.69 Å². The Morgan fingerprint density at radius 1 is 1.14 bits per heavy atom. The van der Waals surface area contributed by atoms with Crippen LogP contribution < -0.4 is 5.73 Å². The molecule has 1 aromatic heterocycles. The van der Waals surface area contributed by atoms with E-state index in [1.165, 1.54) is 6.20 Å². The van der Waals surface area contributed by atoms with Gasteiger partial charge in [-0.15, -0.1) is 0 Å². The van der Waals surface area contributed by atoms with Crippen molar-refractivity contribution in [1.82, 2.24) is 9.78 Å². The van der Waals surface area contributed by atoms with Crippen molar-refractivity contribution < 1.29 is 4.79 Å². The van der Waals surface area contributed by atoms with E-state index in [9.17, 15) is 4.79 Å². The number of anilines is 1. The van der Waals surface area contributed by atoms with Gasteiger partial charge in [0.1, 0.15) is 0 Å². The number of hydrogen-bond donors (Lipinski definition) is 1. The van der Waals surface area contributed by atoms with Gasteiger partial charge in [-0.25, -0.2) is 4.68 Å². The number of nitrogens with two attached hydrogens (primary N) is 1. The summed E-state index contributed by atoms with van der Waals surface area (Å²) in [4.78, 5) is 12.5. The minimum absolute atomic E-state index is 0.197. The molecule has 0 bridgehead atoms. The normalized spacial score (nSPS) is 10.5. The van der Waals surface area contributed by atoms with E-state index in [1.54, 1.807) is 29.1 Å². The van der Waals surface area contributed by atoms with Gasteiger partial charge in [-0.2, -0.15) is 5.10 Å². The van der Waals surface area contributed by atoms with Gasteiger partial charge in [-0.1, -0.05) is 29.8 Å². The van der Waals surface area contributed by atoms with Crippen LogP contribution in [0.4, 0.5) is 5.69 Å².